The first-order valence-electron chi connectivity index (χ1n) is 7.98. The number of para-hydroxylation sites is 1. The number of amides is 1. The number of benzene rings is 2. The second-order valence-corrected chi connectivity index (χ2v) is 5.97. The summed E-state index contributed by atoms with van der Waals surface area (Å²) in [4.78, 5) is 20.9. The van der Waals surface area contributed by atoms with Crippen LogP contribution in [0.25, 0.3) is 22.4 Å². The quantitative estimate of drug-likeness (QED) is 0.641. The number of fused-ring (bicyclic) bond motifs is 1. The highest BCUT2D eigenvalue weighted by Crippen LogP contribution is 2.27. The maximum atomic E-state index is 11.0. The predicted octanol–water partition coefficient (Wildman–Crippen LogP) is 2.66. The van der Waals surface area contributed by atoms with Gasteiger partial charge in [-0.1, -0.05) is 6.07 Å². The number of carbonyl (C=O) groups is 1. The molecule has 0 unspecified atom stereocenters. The standard InChI is InChI=1S/C18H21N5O2/c1-23(2)11-10-20-13-8-6-12(7-9-13)17-21-14-4-3-5-15(16(14)22-17)25-18(19)24/h3-9,20H,10-11H2,1-2H3,(H2,19,24)(H,21,22). The minimum atomic E-state index is -0.856. The third kappa shape index (κ3) is 4.07. The third-order valence-corrected chi connectivity index (χ3v) is 3.73. The van der Waals surface area contributed by atoms with Crippen LogP contribution in [0.3, 0.4) is 0 Å². The number of nitrogens with one attached hydrogen (secondary N) is 2. The van der Waals surface area contributed by atoms with E-state index in [9.17, 15) is 4.79 Å². The van der Waals surface area contributed by atoms with E-state index < -0.39 is 6.09 Å². The highest BCUT2D eigenvalue weighted by Gasteiger charge is 2.11. The number of rotatable bonds is 6. The van der Waals surface area contributed by atoms with Crippen LogP contribution < -0.4 is 15.8 Å². The Balaban J connectivity index is 1.80. The van der Waals surface area contributed by atoms with Crippen LogP contribution in [-0.2, 0) is 0 Å². The van der Waals surface area contributed by atoms with Crippen molar-refractivity contribution in [3.8, 4) is 17.1 Å². The van der Waals surface area contributed by atoms with Crippen molar-refractivity contribution in [2.45, 2.75) is 0 Å². The maximum absolute atomic E-state index is 11.0. The molecule has 3 aromatic rings. The molecule has 7 heteroatoms. The fourth-order valence-corrected chi connectivity index (χ4v) is 2.50. The number of carbonyl (C=O) groups excluding carboxylic acids is 1. The number of hydrogen-bond acceptors (Lipinski definition) is 5. The summed E-state index contributed by atoms with van der Waals surface area (Å²) in [5.41, 5.74) is 8.45. The first-order chi connectivity index (χ1) is 12.0. The van der Waals surface area contributed by atoms with Crippen molar-refractivity contribution < 1.29 is 9.53 Å². The summed E-state index contributed by atoms with van der Waals surface area (Å²) < 4.78 is 5.00. The van der Waals surface area contributed by atoms with Crippen molar-refractivity contribution in [3.05, 3.63) is 42.5 Å². The molecule has 4 N–H and O–H groups in total. The number of likely N-dealkylation sites (N-methyl/N-ethyl adjacent to an activating group) is 1. The summed E-state index contributed by atoms with van der Waals surface area (Å²) in [6.07, 6.45) is -0.856. The fourth-order valence-electron chi connectivity index (χ4n) is 2.50. The van der Waals surface area contributed by atoms with Gasteiger partial charge in [-0.05, 0) is 50.5 Å². The number of H-pyrrole nitrogens is 1. The van der Waals surface area contributed by atoms with Crippen molar-refractivity contribution in [1.82, 2.24) is 14.9 Å². The molecule has 2 aromatic carbocycles. The molecule has 0 aliphatic rings. The van der Waals surface area contributed by atoms with Gasteiger partial charge >= 0.3 is 6.09 Å². The molecule has 0 radical (unpaired) electrons. The Hall–Kier alpha value is -3.06. The van der Waals surface area contributed by atoms with Gasteiger partial charge in [-0.15, -0.1) is 0 Å². The third-order valence-electron chi connectivity index (χ3n) is 3.73. The maximum Gasteiger partial charge on any atom is 0.410 e. The molecule has 0 saturated heterocycles. The van der Waals surface area contributed by atoms with Gasteiger partial charge in [-0.2, -0.15) is 0 Å². The molecule has 130 valence electrons. The summed E-state index contributed by atoms with van der Waals surface area (Å²) in [5, 5.41) is 3.37. The second-order valence-electron chi connectivity index (χ2n) is 5.97. The van der Waals surface area contributed by atoms with Gasteiger partial charge in [0, 0.05) is 24.3 Å². The minimum Gasteiger partial charge on any atom is -0.408 e. The van der Waals surface area contributed by atoms with E-state index in [-0.39, 0.29) is 0 Å². The van der Waals surface area contributed by atoms with E-state index in [1.54, 1.807) is 12.1 Å². The molecule has 0 spiro atoms. The van der Waals surface area contributed by atoms with Gasteiger partial charge < -0.3 is 25.7 Å². The highest BCUT2D eigenvalue weighted by molar-refractivity contribution is 5.87. The lowest BCUT2D eigenvalue weighted by Crippen LogP contribution is -2.20. The monoisotopic (exact) mass is 339 g/mol. The molecule has 0 atom stereocenters. The molecule has 25 heavy (non-hydrogen) atoms. The SMILES string of the molecule is CN(C)CCNc1ccc(-c2nc3c(OC(N)=O)cccc3[nH]2)cc1. The summed E-state index contributed by atoms with van der Waals surface area (Å²) in [5.74, 6) is 1.05. The number of aromatic nitrogens is 2. The zero-order valence-electron chi connectivity index (χ0n) is 14.2. The zero-order chi connectivity index (χ0) is 17.8. The Morgan fingerprint density at radius 2 is 2.00 bits per heavy atom. The molecule has 1 amide bonds. The molecule has 0 aliphatic carbocycles. The normalized spacial score (nSPS) is 11.0. The molecule has 0 fully saturated rings. The Morgan fingerprint density at radius 1 is 1.24 bits per heavy atom. The number of ether oxygens (including phenoxy) is 1. The van der Waals surface area contributed by atoms with Gasteiger partial charge in [-0.25, -0.2) is 9.78 Å². The largest absolute Gasteiger partial charge is 0.410 e. The lowest BCUT2D eigenvalue weighted by Gasteiger charge is -2.11. The van der Waals surface area contributed by atoms with Gasteiger partial charge in [0.1, 0.15) is 11.3 Å². The Kier molecular flexibility index (Phi) is 4.85. The van der Waals surface area contributed by atoms with Gasteiger partial charge in [0.25, 0.3) is 0 Å². The van der Waals surface area contributed by atoms with E-state index in [4.69, 9.17) is 10.5 Å². The van der Waals surface area contributed by atoms with Crippen LogP contribution in [0.15, 0.2) is 42.5 Å². The fraction of sp³-hybridized carbons (Fsp3) is 0.222. The molecule has 1 aromatic heterocycles. The van der Waals surface area contributed by atoms with E-state index in [2.05, 4.69) is 20.2 Å². The van der Waals surface area contributed by atoms with Crippen molar-refractivity contribution in [2.24, 2.45) is 5.73 Å². The molecule has 1 heterocycles. The minimum absolute atomic E-state index is 0.342. The second kappa shape index (κ2) is 7.23. The predicted molar refractivity (Wildman–Crippen MR) is 98.8 cm³/mol. The van der Waals surface area contributed by atoms with Gasteiger partial charge in [0.2, 0.25) is 0 Å². The number of primary amides is 1. The number of aromatic amines is 1. The number of imidazole rings is 1. The van der Waals surface area contributed by atoms with Crippen LogP contribution in [0, 0.1) is 0 Å². The van der Waals surface area contributed by atoms with Gasteiger partial charge in [-0.3, -0.25) is 0 Å². The van der Waals surface area contributed by atoms with Crippen molar-refractivity contribution in [1.29, 1.82) is 0 Å². The molecule has 7 nitrogen and oxygen atoms in total. The Labute approximate surface area is 145 Å². The summed E-state index contributed by atoms with van der Waals surface area (Å²) in [6.45, 7) is 1.85. The average Bonchev–Trinajstić information content (AvgIpc) is 3.00. The molecular formula is C18H21N5O2. The van der Waals surface area contributed by atoms with Crippen molar-refractivity contribution in [2.75, 3.05) is 32.5 Å². The van der Waals surface area contributed by atoms with E-state index in [1.807, 2.05) is 44.4 Å². The Bertz CT molecular complexity index is 871. The first-order valence-corrected chi connectivity index (χ1v) is 7.98. The number of nitrogens with zero attached hydrogens (tertiary/aromatic N) is 2. The highest BCUT2D eigenvalue weighted by atomic mass is 16.5. The van der Waals surface area contributed by atoms with Crippen LogP contribution in [-0.4, -0.2) is 48.1 Å². The summed E-state index contributed by atoms with van der Waals surface area (Å²) in [7, 11) is 4.09. The number of nitrogens with two attached hydrogens (primary N) is 1. The number of hydrogen-bond donors (Lipinski definition) is 3. The topological polar surface area (TPSA) is 96.3 Å². The van der Waals surface area contributed by atoms with Crippen molar-refractivity contribution in [3.63, 3.8) is 0 Å². The zero-order valence-corrected chi connectivity index (χ0v) is 14.2. The lowest BCUT2D eigenvalue weighted by atomic mass is 10.2. The Morgan fingerprint density at radius 3 is 2.68 bits per heavy atom. The van der Waals surface area contributed by atoms with Crippen molar-refractivity contribution >= 4 is 22.8 Å². The van der Waals surface area contributed by atoms with Gasteiger partial charge in [0.15, 0.2) is 5.75 Å². The van der Waals surface area contributed by atoms with Crippen LogP contribution in [0.5, 0.6) is 5.75 Å². The van der Waals surface area contributed by atoms with Crippen LogP contribution >= 0.6 is 0 Å². The summed E-state index contributed by atoms with van der Waals surface area (Å²) in [6, 6.07) is 13.3. The van der Waals surface area contributed by atoms with E-state index in [0.717, 1.165) is 29.9 Å². The molecule has 3 rings (SSSR count). The van der Waals surface area contributed by atoms with Crippen LogP contribution in [0.2, 0.25) is 0 Å². The average molecular weight is 339 g/mol. The number of anilines is 1. The first kappa shape index (κ1) is 16.8. The smallest absolute Gasteiger partial charge is 0.408 e. The van der Waals surface area contributed by atoms with Crippen LogP contribution in [0.4, 0.5) is 10.5 Å². The molecule has 0 saturated carbocycles. The van der Waals surface area contributed by atoms with E-state index in [0.29, 0.717) is 17.1 Å². The molecule has 0 aliphatic heterocycles. The lowest BCUT2D eigenvalue weighted by molar-refractivity contribution is 0.211. The molecule has 0 bridgehead atoms. The molecular weight excluding hydrogens is 318 g/mol. The van der Waals surface area contributed by atoms with Gasteiger partial charge in [0.05, 0.1) is 5.52 Å². The summed E-state index contributed by atoms with van der Waals surface area (Å²) >= 11 is 0. The van der Waals surface area contributed by atoms with Crippen LogP contribution in [0.1, 0.15) is 0 Å². The van der Waals surface area contributed by atoms with E-state index in [1.165, 1.54) is 0 Å². The van der Waals surface area contributed by atoms with E-state index >= 15 is 0 Å².